The average molecular weight is 383 g/mol. The first-order valence-electron chi connectivity index (χ1n) is 10.4. The zero-order valence-electron chi connectivity index (χ0n) is 16.5. The summed E-state index contributed by atoms with van der Waals surface area (Å²) in [5.74, 6) is 1.06. The summed E-state index contributed by atoms with van der Waals surface area (Å²) in [5, 5.41) is 6.84. The molecular weight excluding hydrogens is 354 g/mol. The number of rotatable bonds is 6. The molecular formula is C21H29N5O2. The van der Waals surface area contributed by atoms with Crippen LogP contribution in [0.5, 0.6) is 0 Å². The quantitative estimate of drug-likeness (QED) is 0.808. The minimum atomic E-state index is 0.211. The number of H-pyrrole nitrogens is 1. The SMILES string of the molecule is CN(CCc1cn[nH]c1)Cc1ccc2n(c1=O)C[C@H]1C[C@@H]2CN(C2COC2)C1. The first-order valence-corrected chi connectivity index (χ1v) is 10.4. The number of aromatic nitrogens is 3. The molecule has 5 heterocycles. The van der Waals surface area contributed by atoms with Crippen molar-refractivity contribution < 1.29 is 4.74 Å². The number of likely N-dealkylation sites (tertiary alicyclic amines) is 1. The fraction of sp³-hybridized carbons (Fsp3) is 0.619. The lowest BCUT2D eigenvalue weighted by Crippen LogP contribution is -2.56. The maximum Gasteiger partial charge on any atom is 0.255 e. The third kappa shape index (κ3) is 3.43. The van der Waals surface area contributed by atoms with Crippen molar-refractivity contribution in [3.8, 4) is 0 Å². The molecule has 2 aromatic rings. The zero-order chi connectivity index (χ0) is 19.1. The molecule has 150 valence electrons. The Kier molecular flexibility index (Phi) is 4.82. The Bertz CT molecular complexity index is 873. The Morgan fingerprint density at radius 1 is 1.29 bits per heavy atom. The third-order valence-corrected chi connectivity index (χ3v) is 6.63. The van der Waals surface area contributed by atoms with Gasteiger partial charge in [0.05, 0.1) is 25.5 Å². The van der Waals surface area contributed by atoms with Crippen molar-refractivity contribution in [2.75, 3.05) is 39.9 Å². The molecule has 3 aliphatic rings. The molecule has 7 heteroatoms. The number of ether oxygens (including phenoxy) is 1. The van der Waals surface area contributed by atoms with Gasteiger partial charge in [0.15, 0.2) is 0 Å². The maximum absolute atomic E-state index is 13.2. The fourth-order valence-electron chi connectivity index (χ4n) is 4.98. The normalized spacial score (nSPS) is 24.9. The van der Waals surface area contributed by atoms with Crippen LogP contribution in [0, 0.1) is 5.92 Å². The molecule has 0 saturated carbocycles. The van der Waals surface area contributed by atoms with Crippen molar-refractivity contribution in [3.05, 3.63) is 51.7 Å². The Labute approximate surface area is 165 Å². The van der Waals surface area contributed by atoms with E-state index in [1.807, 2.05) is 12.4 Å². The minimum Gasteiger partial charge on any atom is -0.378 e. The van der Waals surface area contributed by atoms with Crippen molar-refractivity contribution in [3.63, 3.8) is 0 Å². The molecule has 2 atom stereocenters. The van der Waals surface area contributed by atoms with Crippen LogP contribution in [-0.2, 0) is 24.2 Å². The number of pyridine rings is 1. The number of nitrogens with zero attached hydrogens (tertiary/aromatic N) is 4. The monoisotopic (exact) mass is 383 g/mol. The van der Waals surface area contributed by atoms with E-state index >= 15 is 0 Å². The van der Waals surface area contributed by atoms with Gasteiger partial charge in [0.25, 0.3) is 5.56 Å². The summed E-state index contributed by atoms with van der Waals surface area (Å²) in [6.07, 6.45) is 5.94. The van der Waals surface area contributed by atoms with Gasteiger partial charge in [-0.15, -0.1) is 0 Å². The first kappa shape index (κ1) is 18.1. The molecule has 3 aliphatic heterocycles. The number of hydrogen-bond acceptors (Lipinski definition) is 5. The molecule has 2 bridgehead atoms. The molecule has 2 saturated heterocycles. The van der Waals surface area contributed by atoms with Gasteiger partial charge >= 0.3 is 0 Å². The number of aromatic amines is 1. The molecule has 0 amide bonds. The van der Waals surface area contributed by atoms with Gasteiger partial charge in [-0.1, -0.05) is 6.07 Å². The van der Waals surface area contributed by atoms with Crippen molar-refractivity contribution in [1.29, 1.82) is 0 Å². The summed E-state index contributed by atoms with van der Waals surface area (Å²) in [6.45, 7) is 6.37. The molecule has 7 nitrogen and oxygen atoms in total. The van der Waals surface area contributed by atoms with Crippen LogP contribution in [0.1, 0.15) is 29.2 Å². The van der Waals surface area contributed by atoms with Gasteiger partial charge in [0.1, 0.15) is 0 Å². The van der Waals surface area contributed by atoms with Gasteiger partial charge in [0.2, 0.25) is 0 Å². The lowest BCUT2D eigenvalue weighted by atomic mass is 9.82. The highest BCUT2D eigenvalue weighted by molar-refractivity contribution is 5.22. The smallest absolute Gasteiger partial charge is 0.255 e. The van der Waals surface area contributed by atoms with Crippen LogP contribution in [0.3, 0.4) is 0 Å². The molecule has 0 aromatic carbocycles. The van der Waals surface area contributed by atoms with E-state index in [1.54, 1.807) is 0 Å². The van der Waals surface area contributed by atoms with Crippen LogP contribution in [0.2, 0.25) is 0 Å². The Hall–Kier alpha value is -1.96. The van der Waals surface area contributed by atoms with Crippen molar-refractivity contribution in [2.24, 2.45) is 5.92 Å². The molecule has 1 N–H and O–H groups in total. The highest BCUT2D eigenvalue weighted by atomic mass is 16.5. The molecule has 0 unspecified atom stereocenters. The van der Waals surface area contributed by atoms with Gasteiger partial charge in [-0.2, -0.15) is 5.10 Å². The molecule has 2 aromatic heterocycles. The number of likely N-dealkylation sites (N-methyl/N-ethyl adjacent to an activating group) is 1. The largest absolute Gasteiger partial charge is 0.378 e. The van der Waals surface area contributed by atoms with E-state index in [9.17, 15) is 4.79 Å². The highest BCUT2D eigenvalue weighted by Gasteiger charge is 2.39. The molecule has 0 aliphatic carbocycles. The second-order valence-corrected chi connectivity index (χ2v) is 8.74. The molecule has 2 fully saturated rings. The van der Waals surface area contributed by atoms with E-state index < -0.39 is 0 Å². The summed E-state index contributed by atoms with van der Waals surface area (Å²) in [7, 11) is 2.08. The van der Waals surface area contributed by atoms with Crippen LogP contribution in [0.15, 0.2) is 29.3 Å². The van der Waals surface area contributed by atoms with E-state index in [2.05, 4.69) is 43.7 Å². The number of piperidine rings is 1. The second kappa shape index (κ2) is 7.46. The second-order valence-electron chi connectivity index (χ2n) is 8.74. The topological polar surface area (TPSA) is 66.4 Å². The number of hydrogen-bond donors (Lipinski definition) is 1. The molecule has 28 heavy (non-hydrogen) atoms. The van der Waals surface area contributed by atoms with Gasteiger partial charge < -0.3 is 14.2 Å². The highest BCUT2D eigenvalue weighted by Crippen LogP contribution is 2.36. The third-order valence-electron chi connectivity index (χ3n) is 6.63. The van der Waals surface area contributed by atoms with Crippen LogP contribution in [-0.4, -0.2) is 70.5 Å². The predicted molar refractivity (Wildman–Crippen MR) is 106 cm³/mol. The van der Waals surface area contributed by atoms with Crippen LogP contribution < -0.4 is 5.56 Å². The zero-order valence-corrected chi connectivity index (χ0v) is 16.5. The van der Waals surface area contributed by atoms with Gasteiger partial charge in [0, 0.05) is 56.1 Å². The Morgan fingerprint density at radius 3 is 2.93 bits per heavy atom. The summed E-state index contributed by atoms with van der Waals surface area (Å²) in [6, 6.07) is 4.86. The first-order chi connectivity index (χ1) is 13.7. The van der Waals surface area contributed by atoms with Gasteiger partial charge in [-0.05, 0) is 37.4 Å². The van der Waals surface area contributed by atoms with Crippen molar-refractivity contribution in [2.45, 2.75) is 37.9 Å². The van der Waals surface area contributed by atoms with Crippen LogP contribution in [0.25, 0.3) is 0 Å². The maximum atomic E-state index is 13.2. The van der Waals surface area contributed by atoms with Gasteiger partial charge in [-0.3, -0.25) is 14.8 Å². The van der Waals surface area contributed by atoms with E-state index in [0.29, 0.717) is 24.4 Å². The van der Waals surface area contributed by atoms with E-state index in [-0.39, 0.29) is 5.56 Å². The van der Waals surface area contributed by atoms with E-state index in [1.165, 1.54) is 17.7 Å². The van der Waals surface area contributed by atoms with Crippen LogP contribution >= 0.6 is 0 Å². The average Bonchev–Trinajstić information content (AvgIpc) is 3.15. The number of nitrogens with one attached hydrogen (secondary N) is 1. The molecule has 0 radical (unpaired) electrons. The van der Waals surface area contributed by atoms with Crippen LogP contribution in [0.4, 0.5) is 0 Å². The van der Waals surface area contributed by atoms with Gasteiger partial charge in [-0.25, -0.2) is 0 Å². The van der Waals surface area contributed by atoms with E-state index in [0.717, 1.165) is 51.4 Å². The molecule has 5 rings (SSSR count). The molecule has 0 spiro atoms. The summed E-state index contributed by atoms with van der Waals surface area (Å²) < 4.78 is 7.46. The summed E-state index contributed by atoms with van der Waals surface area (Å²) in [4.78, 5) is 18.0. The predicted octanol–water partition coefficient (Wildman–Crippen LogP) is 1.06. The van der Waals surface area contributed by atoms with Crippen molar-refractivity contribution >= 4 is 0 Å². The Morgan fingerprint density at radius 2 is 2.18 bits per heavy atom. The summed E-state index contributed by atoms with van der Waals surface area (Å²) >= 11 is 0. The Balaban J connectivity index is 1.29. The lowest BCUT2D eigenvalue weighted by molar-refractivity contribution is -0.0827. The minimum absolute atomic E-state index is 0.211. The number of fused-ring (bicyclic) bond motifs is 4. The lowest BCUT2D eigenvalue weighted by Gasteiger charge is -2.47. The summed E-state index contributed by atoms with van der Waals surface area (Å²) in [5.41, 5.74) is 3.55. The van der Waals surface area contributed by atoms with E-state index in [4.69, 9.17) is 4.74 Å². The van der Waals surface area contributed by atoms with Crippen molar-refractivity contribution in [1.82, 2.24) is 24.6 Å². The standard InChI is InChI=1S/C21H29N5O2/c1-24(5-4-15-7-22-23-8-15)11-17-2-3-20-18-6-16(10-26(20)21(17)27)9-25(12-18)19-13-28-14-19/h2-3,7-8,16,18-19H,4-6,9-14H2,1H3,(H,22,23)/t16-,18+/m0/s1. The fourth-order valence-corrected chi connectivity index (χ4v) is 4.98.